The van der Waals surface area contributed by atoms with Crippen LogP contribution in [0, 0.1) is 12.8 Å². The maximum absolute atomic E-state index is 12.9. The van der Waals surface area contributed by atoms with Crippen molar-refractivity contribution in [3.63, 3.8) is 0 Å². The van der Waals surface area contributed by atoms with Crippen molar-refractivity contribution in [2.45, 2.75) is 53.0 Å². The highest BCUT2D eigenvalue weighted by molar-refractivity contribution is 6.06. The van der Waals surface area contributed by atoms with Crippen molar-refractivity contribution >= 4 is 21.7 Å². The molecular formula is C23H31N3O2. The van der Waals surface area contributed by atoms with Crippen molar-refractivity contribution < 1.29 is 4.74 Å². The highest BCUT2D eigenvalue weighted by atomic mass is 16.5. The molecule has 3 aromatic rings. The number of aromatic nitrogens is 2. The average Bonchev–Trinajstić information content (AvgIpc) is 2.63. The summed E-state index contributed by atoms with van der Waals surface area (Å²) >= 11 is 0. The summed E-state index contributed by atoms with van der Waals surface area (Å²) < 4.78 is 7.84. The van der Waals surface area contributed by atoms with E-state index >= 15 is 0 Å². The predicted molar refractivity (Wildman–Crippen MR) is 116 cm³/mol. The van der Waals surface area contributed by atoms with Crippen LogP contribution in [0.15, 0.2) is 29.2 Å². The molecule has 1 aromatic carbocycles. The van der Waals surface area contributed by atoms with Gasteiger partial charge < -0.3 is 15.0 Å². The van der Waals surface area contributed by atoms with Crippen molar-refractivity contribution in [1.82, 2.24) is 9.55 Å². The van der Waals surface area contributed by atoms with Gasteiger partial charge >= 0.3 is 0 Å². The Hall–Kier alpha value is -2.40. The molecule has 0 bridgehead atoms. The van der Waals surface area contributed by atoms with Crippen LogP contribution in [-0.4, -0.2) is 22.2 Å². The van der Waals surface area contributed by atoms with Gasteiger partial charge in [-0.2, -0.15) is 0 Å². The van der Waals surface area contributed by atoms with E-state index in [9.17, 15) is 4.79 Å². The van der Waals surface area contributed by atoms with E-state index in [4.69, 9.17) is 10.5 Å². The second-order valence-corrected chi connectivity index (χ2v) is 8.45. The van der Waals surface area contributed by atoms with Gasteiger partial charge in [0, 0.05) is 30.7 Å². The fraction of sp³-hybridized carbons (Fsp3) is 0.478. The summed E-state index contributed by atoms with van der Waals surface area (Å²) in [5.41, 5.74) is 8.93. The molecule has 28 heavy (non-hydrogen) atoms. The van der Waals surface area contributed by atoms with Crippen LogP contribution in [0.25, 0.3) is 21.7 Å². The lowest BCUT2D eigenvalue weighted by molar-refractivity contribution is 0.268. The molecule has 0 saturated carbocycles. The van der Waals surface area contributed by atoms with Gasteiger partial charge in [-0.3, -0.25) is 9.78 Å². The summed E-state index contributed by atoms with van der Waals surface area (Å²) in [6.45, 7) is 11.0. The largest absolute Gasteiger partial charge is 0.492 e. The number of ether oxygens (including phenoxy) is 1. The Morgan fingerprint density at radius 1 is 1.18 bits per heavy atom. The Labute approximate surface area is 166 Å². The minimum Gasteiger partial charge on any atom is -0.492 e. The van der Waals surface area contributed by atoms with Gasteiger partial charge in [-0.1, -0.05) is 27.7 Å². The van der Waals surface area contributed by atoms with Gasteiger partial charge in [-0.25, -0.2) is 0 Å². The van der Waals surface area contributed by atoms with Crippen LogP contribution in [0.1, 0.15) is 51.3 Å². The normalized spacial score (nSPS) is 13.0. The Morgan fingerprint density at radius 3 is 2.54 bits per heavy atom. The van der Waals surface area contributed by atoms with E-state index in [1.807, 2.05) is 19.1 Å². The molecule has 150 valence electrons. The fourth-order valence-corrected chi connectivity index (χ4v) is 3.86. The van der Waals surface area contributed by atoms with E-state index in [0.29, 0.717) is 17.9 Å². The molecular weight excluding hydrogens is 350 g/mol. The monoisotopic (exact) mass is 381 g/mol. The number of hydrogen-bond acceptors (Lipinski definition) is 4. The summed E-state index contributed by atoms with van der Waals surface area (Å²) in [5.74, 6) is 1.63. The molecule has 2 N–H and O–H groups in total. The van der Waals surface area contributed by atoms with Gasteiger partial charge in [-0.15, -0.1) is 0 Å². The Kier molecular flexibility index (Phi) is 5.75. The lowest BCUT2D eigenvalue weighted by Crippen LogP contribution is -2.29. The number of nitrogens with two attached hydrogens (primary N) is 1. The molecule has 5 heteroatoms. The van der Waals surface area contributed by atoms with Crippen LogP contribution < -0.4 is 16.0 Å². The summed E-state index contributed by atoms with van der Waals surface area (Å²) in [7, 11) is 1.81. The van der Waals surface area contributed by atoms with Crippen LogP contribution in [0.3, 0.4) is 0 Å². The Morgan fingerprint density at radius 2 is 1.89 bits per heavy atom. The Bertz CT molecular complexity index is 1070. The molecule has 0 aliphatic heterocycles. The minimum atomic E-state index is -0.0344. The van der Waals surface area contributed by atoms with E-state index in [-0.39, 0.29) is 17.5 Å². The van der Waals surface area contributed by atoms with Crippen molar-refractivity contribution in [1.29, 1.82) is 0 Å². The van der Waals surface area contributed by atoms with Crippen molar-refractivity contribution in [3.05, 3.63) is 46.0 Å². The van der Waals surface area contributed by atoms with Crippen LogP contribution in [0.2, 0.25) is 0 Å². The number of benzene rings is 1. The first-order valence-electron chi connectivity index (χ1n) is 10.0. The number of pyridine rings is 2. The molecule has 2 heterocycles. The zero-order chi connectivity index (χ0) is 20.6. The van der Waals surface area contributed by atoms with Gasteiger partial charge in [0.15, 0.2) is 0 Å². The van der Waals surface area contributed by atoms with Crippen molar-refractivity contribution in [2.24, 2.45) is 18.7 Å². The first-order valence-corrected chi connectivity index (χ1v) is 10.0. The zero-order valence-electron chi connectivity index (χ0n) is 17.7. The average molecular weight is 382 g/mol. The molecule has 0 saturated heterocycles. The van der Waals surface area contributed by atoms with Crippen molar-refractivity contribution in [2.75, 3.05) is 6.61 Å². The second-order valence-electron chi connectivity index (χ2n) is 8.45. The van der Waals surface area contributed by atoms with Crippen LogP contribution in [0.4, 0.5) is 0 Å². The maximum Gasteiger partial charge on any atom is 0.260 e. The van der Waals surface area contributed by atoms with Gasteiger partial charge in [0.05, 0.1) is 16.6 Å². The SMILES string of the molecule is Cc1nccc2c1c(=O)n(C)c1cc(OCC(N)CC(C)C)c(C(C)C)cc21. The molecule has 2 aromatic heterocycles. The van der Waals surface area contributed by atoms with Gasteiger partial charge in [-0.05, 0) is 48.3 Å². The van der Waals surface area contributed by atoms with Gasteiger partial charge in [0.1, 0.15) is 12.4 Å². The van der Waals surface area contributed by atoms with E-state index < -0.39 is 0 Å². The molecule has 0 amide bonds. The zero-order valence-corrected chi connectivity index (χ0v) is 17.7. The summed E-state index contributed by atoms with van der Waals surface area (Å²) in [4.78, 5) is 17.3. The van der Waals surface area contributed by atoms with Crippen LogP contribution >= 0.6 is 0 Å². The lowest BCUT2D eigenvalue weighted by Gasteiger charge is -2.20. The first-order chi connectivity index (χ1) is 13.2. The van der Waals surface area contributed by atoms with Crippen LogP contribution in [0.5, 0.6) is 5.75 Å². The topological polar surface area (TPSA) is 70.1 Å². The molecule has 5 nitrogen and oxygen atoms in total. The number of aryl methyl sites for hydroxylation is 2. The van der Waals surface area contributed by atoms with E-state index in [2.05, 4.69) is 38.7 Å². The number of fused-ring (bicyclic) bond motifs is 3. The minimum absolute atomic E-state index is 0.00939. The molecule has 0 aliphatic rings. The third-order valence-electron chi connectivity index (χ3n) is 5.29. The summed E-state index contributed by atoms with van der Waals surface area (Å²) in [6.07, 6.45) is 2.68. The number of nitrogens with zero attached hydrogens (tertiary/aromatic N) is 2. The number of rotatable bonds is 6. The Balaban J connectivity index is 2.18. The van der Waals surface area contributed by atoms with Gasteiger partial charge in [0.2, 0.25) is 0 Å². The fourth-order valence-electron chi connectivity index (χ4n) is 3.86. The smallest absolute Gasteiger partial charge is 0.260 e. The lowest BCUT2D eigenvalue weighted by atomic mass is 9.97. The first kappa shape index (κ1) is 20.3. The molecule has 3 rings (SSSR count). The molecule has 0 spiro atoms. The summed E-state index contributed by atoms with van der Waals surface area (Å²) in [5, 5.41) is 2.67. The second kappa shape index (κ2) is 7.92. The van der Waals surface area contributed by atoms with E-state index in [0.717, 1.165) is 39.7 Å². The standard InChI is InChI=1S/C23H31N3O2/c1-13(2)9-16(24)12-28-21-11-20-19(10-18(21)14(3)4)17-7-8-25-15(5)22(17)23(27)26(20)6/h7-8,10-11,13-14,16H,9,12,24H2,1-6H3. The third-order valence-corrected chi connectivity index (χ3v) is 5.29. The van der Waals surface area contributed by atoms with E-state index in [1.165, 1.54) is 0 Å². The molecule has 1 unspecified atom stereocenters. The maximum atomic E-state index is 12.9. The van der Waals surface area contributed by atoms with E-state index in [1.54, 1.807) is 17.8 Å². The van der Waals surface area contributed by atoms with Crippen LogP contribution in [-0.2, 0) is 7.05 Å². The van der Waals surface area contributed by atoms with Gasteiger partial charge in [0.25, 0.3) is 5.56 Å². The van der Waals surface area contributed by atoms with Crippen molar-refractivity contribution in [3.8, 4) is 5.75 Å². The highest BCUT2D eigenvalue weighted by Gasteiger charge is 2.17. The third kappa shape index (κ3) is 3.76. The molecule has 0 fully saturated rings. The molecule has 0 radical (unpaired) electrons. The highest BCUT2D eigenvalue weighted by Crippen LogP contribution is 2.34. The molecule has 0 aliphatic carbocycles. The predicted octanol–water partition coefficient (Wildman–Crippen LogP) is 4.27. The quantitative estimate of drug-likeness (QED) is 0.647. The number of hydrogen-bond donors (Lipinski definition) is 1. The summed E-state index contributed by atoms with van der Waals surface area (Å²) in [6, 6.07) is 6.06. The molecule has 1 atom stereocenters.